The fourth-order valence-electron chi connectivity index (χ4n) is 2.79. The van der Waals surface area contributed by atoms with Gasteiger partial charge in [-0.1, -0.05) is 39.7 Å². The lowest BCUT2D eigenvalue weighted by molar-refractivity contribution is 0.0934. The molecular formula is C16H26N2O2S. The van der Waals surface area contributed by atoms with Crippen molar-refractivity contribution in [2.45, 2.75) is 64.6 Å². The van der Waals surface area contributed by atoms with Crippen molar-refractivity contribution in [2.75, 3.05) is 0 Å². The molecule has 3 unspecified atom stereocenters. The first-order valence-electron chi connectivity index (χ1n) is 7.66. The van der Waals surface area contributed by atoms with Gasteiger partial charge in [0, 0.05) is 4.88 Å². The van der Waals surface area contributed by atoms with Crippen LogP contribution in [0.1, 0.15) is 57.4 Å². The first kappa shape index (κ1) is 16.3. The summed E-state index contributed by atoms with van der Waals surface area (Å²) in [5.74, 6) is 0. The molecule has 4 nitrogen and oxygen atoms in total. The van der Waals surface area contributed by atoms with Crippen LogP contribution in [0.15, 0.2) is 17.5 Å². The van der Waals surface area contributed by atoms with Crippen molar-refractivity contribution in [1.82, 2.24) is 10.6 Å². The minimum Gasteiger partial charge on any atom is -0.391 e. The van der Waals surface area contributed by atoms with E-state index in [1.54, 1.807) is 11.3 Å². The number of hydrogen-bond acceptors (Lipinski definition) is 3. The number of carbonyl (C=O) groups excluding carboxylic acids is 1. The van der Waals surface area contributed by atoms with E-state index in [1.165, 1.54) is 0 Å². The maximum atomic E-state index is 12.3. The van der Waals surface area contributed by atoms with E-state index in [4.69, 9.17) is 0 Å². The van der Waals surface area contributed by atoms with Crippen LogP contribution in [-0.2, 0) is 0 Å². The quantitative estimate of drug-likeness (QED) is 0.801. The van der Waals surface area contributed by atoms with Crippen LogP contribution in [0.5, 0.6) is 0 Å². The molecule has 1 fully saturated rings. The molecular weight excluding hydrogens is 284 g/mol. The van der Waals surface area contributed by atoms with Gasteiger partial charge < -0.3 is 15.7 Å². The van der Waals surface area contributed by atoms with Crippen molar-refractivity contribution in [2.24, 2.45) is 5.41 Å². The number of nitrogens with one attached hydrogen (secondary N) is 2. The molecule has 21 heavy (non-hydrogen) atoms. The molecule has 1 aromatic rings. The van der Waals surface area contributed by atoms with E-state index in [0.29, 0.717) is 0 Å². The third-order valence-corrected chi connectivity index (χ3v) is 4.95. The number of aliphatic hydroxyl groups excluding tert-OH is 1. The number of hydrogen-bond donors (Lipinski definition) is 3. The molecule has 0 aliphatic heterocycles. The maximum absolute atomic E-state index is 12.3. The molecule has 3 atom stereocenters. The second-order valence-corrected chi connectivity index (χ2v) is 7.87. The Morgan fingerprint density at radius 3 is 2.67 bits per heavy atom. The minimum atomic E-state index is -0.417. The van der Waals surface area contributed by atoms with E-state index < -0.39 is 6.10 Å². The second-order valence-electron chi connectivity index (χ2n) is 6.89. The molecule has 0 radical (unpaired) electrons. The molecule has 5 heteroatoms. The zero-order chi connectivity index (χ0) is 15.5. The zero-order valence-electron chi connectivity index (χ0n) is 13.1. The average molecular weight is 310 g/mol. The van der Waals surface area contributed by atoms with E-state index in [9.17, 15) is 9.90 Å². The van der Waals surface area contributed by atoms with Gasteiger partial charge in [-0.2, -0.15) is 0 Å². The molecule has 1 aromatic heterocycles. The number of thiophene rings is 1. The number of amides is 2. The van der Waals surface area contributed by atoms with Gasteiger partial charge in [-0.15, -0.1) is 11.3 Å². The molecule has 2 rings (SSSR count). The normalized spacial score (nSPS) is 24.4. The van der Waals surface area contributed by atoms with Gasteiger partial charge in [0.2, 0.25) is 0 Å². The summed E-state index contributed by atoms with van der Waals surface area (Å²) in [4.78, 5) is 13.4. The van der Waals surface area contributed by atoms with Gasteiger partial charge in [-0.3, -0.25) is 0 Å². The summed E-state index contributed by atoms with van der Waals surface area (Å²) >= 11 is 1.65. The Labute approximate surface area is 131 Å². The molecule has 2 amide bonds. The highest BCUT2D eigenvalue weighted by Gasteiger charge is 2.30. The smallest absolute Gasteiger partial charge is 0.315 e. The van der Waals surface area contributed by atoms with Gasteiger partial charge in [0.25, 0.3) is 0 Å². The molecule has 0 bridgehead atoms. The van der Waals surface area contributed by atoms with Crippen LogP contribution >= 0.6 is 11.3 Å². The lowest BCUT2D eigenvalue weighted by Gasteiger charge is -2.33. The van der Waals surface area contributed by atoms with Crippen molar-refractivity contribution in [3.05, 3.63) is 22.4 Å². The van der Waals surface area contributed by atoms with E-state index in [1.807, 2.05) is 11.4 Å². The zero-order valence-corrected chi connectivity index (χ0v) is 13.9. The van der Waals surface area contributed by atoms with Crippen molar-refractivity contribution < 1.29 is 9.90 Å². The van der Waals surface area contributed by atoms with Crippen LogP contribution in [-0.4, -0.2) is 23.3 Å². The van der Waals surface area contributed by atoms with Gasteiger partial charge in [0.05, 0.1) is 18.2 Å². The van der Waals surface area contributed by atoms with E-state index in [-0.39, 0.29) is 23.5 Å². The van der Waals surface area contributed by atoms with Gasteiger partial charge in [0.15, 0.2) is 0 Å². The highest BCUT2D eigenvalue weighted by Crippen LogP contribution is 2.35. The highest BCUT2D eigenvalue weighted by molar-refractivity contribution is 7.10. The number of aliphatic hydroxyl groups is 1. The van der Waals surface area contributed by atoms with Crippen LogP contribution in [0, 0.1) is 5.41 Å². The topological polar surface area (TPSA) is 61.4 Å². The van der Waals surface area contributed by atoms with Gasteiger partial charge in [-0.25, -0.2) is 4.79 Å². The summed E-state index contributed by atoms with van der Waals surface area (Å²) in [5.41, 5.74) is -0.0621. The summed E-state index contributed by atoms with van der Waals surface area (Å²) in [6, 6.07) is 3.72. The number of carbonyl (C=O) groups is 1. The van der Waals surface area contributed by atoms with E-state index >= 15 is 0 Å². The van der Waals surface area contributed by atoms with Crippen molar-refractivity contribution >= 4 is 17.4 Å². The van der Waals surface area contributed by atoms with Crippen LogP contribution in [0.3, 0.4) is 0 Å². The lowest BCUT2D eigenvalue weighted by Crippen LogP contribution is -2.50. The standard InChI is InChI=1S/C16H26N2O2S/c1-16(2,3)14(13-9-6-10-21-13)18-15(20)17-11-7-4-5-8-12(11)19/h6,9-12,14,19H,4-5,7-8H2,1-3H3,(H2,17,18,20). The Morgan fingerprint density at radius 2 is 2.10 bits per heavy atom. The fourth-order valence-corrected chi connectivity index (χ4v) is 3.81. The SMILES string of the molecule is CC(C)(C)C(NC(=O)NC1CCCCC1O)c1cccs1. The van der Waals surface area contributed by atoms with Gasteiger partial charge in [-0.05, 0) is 29.7 Å². The first-order chi connectivity index (χ1) is 9.88. The summed E-state index contributed by atoms with van der Waals surface area (Å²) in [6.45, 7) is 6.35. The summed E-state index contributed by atoms with van der Waals surface area (Å²) < 4.78 is 0. The highest BCUT2D eigenvalue weighted by atomic mass is 32.1. The van der Waals surface area contributed by atoms with Crippen LogP contribution < -0.4 is 10.6 Å². The van der Waals surface area contributed by atoms with Gasteiger partial charge in [0.1, 0.15) is 0 Å². The van der Waals surface area contributed by atoms with E-state index in [0.717, 1.165) is 30.6 Å². The minimum absolute atomic E-state index is 0.0294. The van der Waals surface area contributed by atoms with Gasteiger partial charge >= 0.3 is 6.03 Å². The van der Waals surface area contributed by atoms with Crippen LogP contribution in [0.25, 0.3) is 0 Å². The lowest BCUT2D eigenvalue weighted by atomic mass is 9.86. The largest absolute Gasteiger partial charge is 0.391 e. The van der Waals surface area contributed by atoms with Crippen molar-refractivity contribution in [3.8, 4) is 0 Å². The average Bonchev–Trinajstić information content (AvgIpc) is 2.91. The summed E-state index contributed by atoms with van der Waals surface area (Å²) in [5, 5.41) is 18.0. The maximum Gasteiger partial charge on any atom is 0.315 e. The predicted octanol–water partition coefficient (Wildman–Crippen LogP) is 3.44. The molecule has 0 spiro atoms. The van der Waals surface area contributed by atoms with Crippen LogP contribution in [0.2, 0.25) is 0 Å². The summed E-state index contributed by atoms with van der Waals surface area (Å²) in [7, 11) is 0. The predicted molar refractivity (Wildman–Crippen MR) is 86.4 cm³/mol. The van der Waals surface area contributed by atoms with Crippen molar-refractivity contribution in [3.63, 3.8) is 0 Å². The summed E-state index contributed by atoms with van der Waals surface area (Å²) in [6.07, 6.45) is 3.32. The molecule has 118 valence electrons. The fraction of sp³-hybridized carbons (Fsp3) is 0.688. The molecule has 0 aromatic carbocycles. The third-order valence-electron chi connectivity index (χ3n) is 4.02. The Balaban J connectivity index is 1.98. The van der Waals surface area contributed by atoms with E-state index in [2.05, 4.69) is 37.5 Å². The molecule has 3 N–H and O–H groups in total. The molecule has 1 aliphatic carbocycles. The molecule has 1 aliphatic rings. The molecule has 0 saturated heterocycles. The van der Waals surface area contributed by atoms with Crippen LogP contribution in [0.4, 0.5) is 4.79 Å². The molecule has 1 saturated carbocycles. The second kappa shape index (κ2) is 6.79. The number of rotatable bonds is 3. The Kier molecular flexibility index (Phi) is 5.27. The Hall–Kier alpha value is -1.07. The molecule has 1 heterocycles. The Morgan fingerprint density at radius 1 is 1.38 bits per heavy atom. The third kappa shape index (κ3) is 4.45. The van der Waals surface area contributed by atoms with Crippen molar-refractivity contribution in [1.29, 1.82) is 0 Å². The first-order valence-corrected chi connectivity index (χ1v) is 8.54. The monoisotopic (exact) mass is 310 g/mol. The number of urea groups is 1. The Bertz CT molecular complexity index is 453.